The molecule has 30 heavy (non-hydrogen) atoms. The van der Waals surface area contributed by atoms with E-state index in [1.807, 2.05) is 30.6 Å². The molecule has 1 heterocycles. The minimum Gasteiger partial charge on any atom is -0.496 e. The minimum atomic E-state index is 0.150. The van der Waals surface area contributed by atoms with Crippen LogP contribution in [-0.2, 0) is 6.42 Å². The molecule has 4 nitrogen and oxygen atoms in total. The predicted molar refractivity (Wildman–Crippen MR) is 119 cm³/mol. The molecule has 1 atom stereocenters. The fourth-order valence-corrected chi connectivity index (χ4v) is 4.32. The number of hydrogen-bond acceptors (Lipinski definition) is 4. The second-order valence-electron chi connectivity index (χ2n) is 7.79. The monoisotopic (exact) mass is 403 g/mol. The van der Waals surface area contributed by atoms with Crippen LogP contribution in [0.25, 0.3) is 0 Å². The average molecular weight is 404 g/mol. The Hall–Kier alpha value is -3.01. The van der Waals surface area contributed by atoms with Crippen LogP contribution in [0.2, 0.25) is 0 Å². The summed E-state index contributed by atoms with van der Waals surface area (Å²) < 4.78 is 17.6. The van der Waals surface area contributed by atoms with Gasteiger partial charge < -0.3 is 14.2 Å². The molecule has 0 spiro atoms. The van der Waals surface area contributed by atoms with E-state index in [-0.39, 0.29) is 5.92 Å². The molecule has 1 aliphatic carbocycles. The number of methoxy groups -OCH3 is 2. The summed E-state index contributed by atoms with van der Waals surface area (Å²) in [6.07, 6.45) is 9.53. The van der Waals surface area contributed by atoms with Gasteiger partial charge in [0.05, 0.1) is 20.3 Å². The van der Waals surface area contributed by atoms with Crippen molar-refractivity contribution in [3.8, 4) is 17.2 Å². The first kappa shape index (κ1) is 20.3. The number of benzene rings is 2. The van der Waals surface area contributed by atoms with Crippen LogP contribution in [0.3, 0.4) is 0 Å². The van der Waals surface area contributed by atoms with E-state index in [0.29, 0.717) is 6.10 Å². The fourth-order valence-electron chi connectivity index (χ4n) is 4.32. The van der Waals surface area contributed by atoms with Gasteiger partial charge in [-0.05, 0) is 73.6 Å². The topological polar surface area (TPSA) is 40.6 Å². The zero-order valence-electron chi connectivity index (χ0n) is 17.7. The molecule has 0 radical (unpaired) electrons. The molecule has 0 N–H and O–H groups in total. The van der Waals surface area contributed by atoms with Crippen LogP contribution in [0.5, 0.6) is 17.2 Å². The lowest BCUT2D eigenvalue weighted by Crippen LogP contribution is -2.12. The lowest BCUT2D eigenvalue weighted by molar-refractivity contribution is 0.200. The second kappa shape index (κ2) is 9.66. The Morgan fingerprint density at radius 2 is 1.60 bits per heavy atom. The summed E-state index contributed by atoms with van der Waals surface area (Å²) in [4.78, 5) is 4.20. The number of nitrogens with zero attached hydrogens (tertiary/aromatic N) is 1. The summed E-state index contributed by atoms with van der Waals surface area (Å²) in [7, 11) is 3.43. The number of hydrogen-bond donors (Lipinski definition) is 0. The highest BCUT2D eigenvalue weighted by molar-refractivity contribution is 5.46. The molecule has 4 heteroatoms. The Labute approximate surface area is 178 Å². The summed E-state index contributed by atoms with van der Waals surface area (Å²) in [5.74, 6) is 2.69. The van der Waals surface area contributed by atoms with Gasteiger partial charge in [0.2, 0.25) is 0 Å². The normalized spacial score (nSPS) is 15.0. The van der Waals surface area contributed by atoms with Crippen molar-refractivity contribution in [1.82, 2.24) is 4.98 Å². The van der Waals surface area contributed by atoms with E-state index in [2.05, 4.69) is 41.4 Å². The van der Waals surface area contributed by atoms with Crippen molar-refractivity contribution < 1.29 is 14.2 Å². The molecule has 1 aliphatic rings. The maximum absolute atomic E-state index is 6.32. The smallest absolute Gasteiger partial charge is 0.161 e. The molecule has 3 aromatic rings. The molecule has 2 aromatic carbocycles. The minimum absolute atomic E-state index is 0.150. The van der Waals surface area contributed by atoms with Crippen molar-refractivity contribution in [1.29, 1.82) is 0 Å². The van der Waals surface area contributed by atoms with E-state index < -0.39 is 0 Å². The van der Waals surface area contributed by atoms with Crippen LogP contribution in [0.4, 0.5) is 0 Å². The van der Waals surface area contributed by atoms with Gasteiger partial charge in [0.15, 0.2) is 11.5 Å². The largest absolute Gasteiger partial charge is 0.496 e. The zero-order chi connectivity index (χ0) is 20.8. The summed E-state index contributed by atoms with van der Waals surface area (Å²) in [6.45, 7) is 0. The molecule has 1 saturated carbocycles. The van der Waals surface area contributed by atoms with E-state index in [0.717, 1.165) is 36.5 Å². The summed E-state index contributed by atoms with van der Waals surface area (Å²) in [5.41, 5.74) is 3.58. The highest BCUT2D eigenvalue weighted by Gasteiger charge is 2.22. The van der Waals surface area contributed by atoms with Crippen molar-refractivity contribution in [2.24, 2.45) is 0 Å². The van der Waals surface area contributed by atoms with Gasteiger partial charge in [-0.3, -0.25) is 4.98 Å². The molecule has 0 aliphatic heterocycles. The van der Waals surface area contributed by atoms with Crippen LogP contribution >= 0.6 is 0 Å². The highest BCUT2D eigenvalue weighted by Crippen LogP contribution is 2.37. The van der Waals surface area contributed by atoms with Crippen molar-refractivity contribution in [3.63, 3.8) is 0 Å². The van der Waals surface area contributed by atoms with E-state index >= 15 is 0 Å². The van der Waals surface area contributed by atoms with Gasteiger partial charge in [-0.15, -0.1) is 0 Å². The lowest BCUT2D eigenvalue weighted by Gasteiger charge is -2.22. The van der Waals surface area contributed by atoms with E-state index in [4.69, 9.17) is 14.2 Å². The van der Waals surface area contributed by atoms with Gasteiger partial charge >= 0.3 is 0 Å². The summed E-state index contributed by atoms with van der Waals surface area (Å²) in [6, 6.07) is 18.7. The Balaban J connectivity index is 1.67. The molecule has 4 rings (SSSR count). The van der Waals surface area contributed by atoms with E-state index in [9.17, 15) is 0 Å². The maximum atomic E-state index is 6.32. The van der Waals surface area contributed by atoms with Crippen LogP contribution < -0.4 is 14.2 Å². The first-order valence-electron chi connectivity index (χ1n) is 10.6. The lowest BCUT2D eigenvalue weighted by atomic mass is 9.86. The highest BCUT2D eigenvalue weighted by atomic mass is 16.5. The fraction of sp³-hybridized carbons (Fsp3) is 0.346. The van der Waals surface area contributed by atoms with Gasteiger partial charge in [0.1, 0.15) is 5.75 Å². The Bertz CT molecular complexity index is 952. The number of aromatic nitrogens is 1. The third-order valence-corrected chi connectivity index (χ3v) is 5.89. The molecule has 0 saturated heterocycles. The Morgan fingerprint density at radius 3 is 2.33 bits per heavy atom. The maximum Gasteiger partial charge on any atom is 0.161 e. The van der Waals surface area contributed by atoms with Gasteiger partial charge in [-0.25, -0.2) is 0 Å². The van der Waals surface area contributed by atoms with Crippen LogP contribution in [0.15, 0.2) is 67.0 Å². The summed E-state index contributed by atoms with van der Waals surface area (Å²) in [5, 5.41) is 0. The van der Waals surface area contributed by atoms with Crippen LogP contribution in [0.1, 0.15) is 48.3 Å². The quantitative estimate of drug-likeness (QED) is 0.477. The van der Waals surface area contributed by atoms with E-state index in [1.165, 1.54) is 29.5 Å². The molecule has 0 amide bonds. The van der Waals surface area contributed by atoms with Crippen LogP contribution in [0, 0.1) is 0 Å². The van der Waals surface area contributed by atoms with Gasteiger partial charge in [-0.1, -0.05) is 24.3 Å². The summed E-state index contributed by atoms with van der Waals surface area (Å²) >= 11 is 0. The Kier molecular flexibility index (Phi) is 6.53. The molecule has 0 bridgehead atoms. The van der Waals surface area contributed by atoms with Gasteiger partial charge in [0, 0.05) is 23.9 Å². The first-order valence-corrected chi connectivity index (χ1v) is 10.6. The number of ether oxygens (including phenoxy) is 3. The Morgan fingerprint density at radius 1 is 0.867 bits per heavy atom. The average Bonchev–Trinajstić information content (AvgIpc) is 3.31. The standard InChI is InChI=1S/C26H29NO3/c1-28-24-10-6-5-9-22(24)23(20-13-15-27-16-14-20)17-19-11-12-25(29-2)26(18-19)30-21-7-3-4-8-21/h5-6,9-16,18,21,23H,3-4,7-8,17H2,1-2H3. The molecule has 156 valence electrons. The molecular weight excluding hydrogens is 374 g/mol. The first-order chi connectivity index (χ1) is 14.8. The predicted octanol–water partition coefficient (Wildman–Crippen LogP) is 5.79. The van der Waals surface area contributed by atoms with E-state index in [1.54, 1.807) is 14.2 Å². The zero-order valence-corrected chi connectivity index (χ0v) is 17.7. The SMILES string of the molecule is COc1ccc(CC(c2ccncc2)c2ccccc2OC)cc1OC1CCCC1. The molecule has 1 fully saturated rings. The number of pyridine rings is 1. The number of para-hydroxylation sites is 1. The molecule has 1 unspecified atom stereocenters. The molecular formula is C26H29NO3. The number of rotatable bonds is 8. The third kappa shape index (κ3) is 4.59. The van der Waals surface area contributed by atoms with Crippen molar-refractivity contribution in [3.05, 3.63) is 83.7 Å². The second-order valence-corrected chi connectivity index (χ2v) is 7.79. The molecule has 1 aromatic heterocycles. The van der Waals surface area contributed by atoms with Crippen molar-refractivity contribution in [2.75, 3.05) is 14.2 Å². The van der Waals surface area contributed by atoms with Crippen molar-refractivity contribution >= 4 is 0 Å². The van der Waals surface area contributed by atoms with Crippen molar-refractivity contribution in [2.45, 2.75) is 44.1 Å². The van der Waals surface area contributed by atoms with Gasteiger partial charge in [0.25, 0.3) is 0 Å². The third-order valence-electron chi connectivity index (χ3n) is 5.89. The van der Waals surface area contributed by atoms with Crippen LogP contribution in [-0.4, -0.2) is 25.3 Å². The van der Waals surface area contributed by atoms with Gasteiger partial charge in [-0.2, -0.15) is 0 Å².